The van der Waals surface area contributed by atoms with E-state index in [0.717, 1.165) is 42.1 Å². The summed E-state index contributed by atoms with van der Waals surface area (Å²) in [5, 5.41) is 4.83. The number of aryl methyl sites for hydroxylation is 1. The molecule has 140 valence electrons. The number of aromatic nitrogens is 1. The zero-order chi connectivity index (χ0) is 18.8. The summed E-state index contributed by atoms with van der Waals surface area (Å²) >= 11 is 7.64. The van der Waals surface area contributed by atoms with E-state index >= 15 is 0 Å². The predicted octanol–water partition coefficient (Wildman–Crippen LogP) is 4.79. The first-order chi connectivity index (χ1) is 13.1. The Kier molecular flexibility index (Phi) is 5.32. The fourth-order valence-corrected chi connectivity index (χ4v) is 4.67. The Bertz CT molecular complexity index is 946. The molecule has 1 aliphatic rings. The molecule has 0 aliphatic carbocycles. The molecule has 4 nitrogen and oxygen atoms in total. The van der Waals surface area contributed by atoms with Crippen LogP contribution in [-0.2, 0) is 11.3 Å². The number of benzene rings is 2. The summed E-state index contributed by atoms with van der Waals surface area (Å²) in [6.45, 7) is 4.40. The molecule has 6 heteroatoms. The zero-order valence-corrected chi connectivity index (χ0v) is 16.8. The van der Waals surface area contributed by atoms with Crippen molar-refractivity contribution in [3.63, 3.8) is 0 Å². The van der Waals surface area contributed by atoms with Crippen molar-refractivity contribution in [3.05, 3.63) is 58.6 Å². The molecule has 4 rings (SSSR count). The van der Waals surface area contributed by atoms with Gasteiger partial charge in [0.1, 0.15) is 0 Å². The van der Waals surface area contributed by atoms with Crippen LogP contribution in [0.15, 0.2) is 42.5 Å². The van der Waals surface area contributed by atoms with E-state index in [2.05, 4.69) is 35.3 Å². The number of halogens is 1. The number of carbonyl (C=O) groups is 1. The average Bonchev–Trinajstić information content (AvgIpc) is 3.10. The van der Waals surface area contributed by atoms with E-state index in [4.69, 9.17) is 16.6 Å². The number of anilines is 1. The molecule has 0 spiro atoms. The van der Waals surface area contributed by atoms with Gasteiger partial charge in [0.15, 0.2) is 5.13 Å². The number of amides is 1. The summed E-state index contributed by atoms with van der Waals surface area (Å²) in [7, 11) is 0. The smallest absolute Gasteiger partial charge is 0.223 e. The zero-order valence-electron chi connectivity index (χ0n) is 15.2. The number of carbonyl (C=O) groups excluding carboxylic acids is 1. The molecule has 3 aromatic rings. The van der Waals surface area contributed by atoms with Crippen LogP contribution in [0.25, 0.3) is 10.2 Å². The largest absolute Gasteiger partial charge is 0.352 e. The summed E-state index contributed by atoms with van der Waals surface area (Å²) in [6, 6.07) is 14.0. The number of fused-ring (bicyclic) bond motifs is 1. The van der Waals surface area contributed by atoms with Crippen LogP contribution in [-0.4, -0.2) is 24.0 Å². The number of thiazole rings is 1. The van der Waals surface area contributed by atoms with Gasteiger partial charge in [-0.1, -0.05) is 41.1 Å². The van der Waals surface area contributed by atoms with Gasteiger partial charge in [0.2, 0.25) is 5.91 Å². The molecule has 0 bridgehead atoms. The Morgan fingerprint density at radius 3 is 2.70 bits per heavy atom. The minimum Gasteiger partial charge on any atom is -0.352 e. The summed E-state index contributed by atoms with van der Waals surface area (Å²) in [5.41, 5.74) is 3.38. The molecular formula is C21H22ClN3OS. The molecule has 2 aromatic carbocycles. The van der Waals surface area contributed by atoms with E-state index in [1.165, 1.54) is 10.3 Å². The Balaban J connectivity index is 1.32. The molecule has 1 N–H and O–H groups in total. The van der Waals surface area contributed by atoms with Crippen molar-refractivity contribution in [3.8, 4) is 0 Å². The van der Waals surface area contributed by atoms with Crippen molar-refractivity contribution in [1.29, 1.82) is 0 Å². The van der Waals surface area contributed by atoms with Gasteiger partial charge in [-0.2, -0.15) is 0 Å². The molecule has 0 saturated carbocycles. The van der Waals surface area contributed by atoms with E-state index in [1.54, 1.807) is 11.3 Å². The highest BCUT2D eigenvalue weighted by molar-refractivity contribution is 7.22. The van der Waals surface area contributed by atoms with Crippen LogP contribution in [0.1, 0.15) is 24.0 Å². The highest BCUT2D eigenvalue weighted by Crippen LogP contribution is 2.32. The van der Waals surface area contributed by atoms with Crippen molar-refractivity contribution in [1.82, 2.24) is 10.3 Å². The maximum atomic E-state index is 12.5. The van der Waals surface area contributed by atoms with Gasteiger partial charge in [-0.05, 0) is 55.2 Å². The highest BCUT2D eigenvalue weighted by atomic mass is 35.5. The topological polar surface area (TPSA) is 45.2 Å². The lowest BCUT2D eigenvalue weighted by Gasteiger charge is -2.31. The lowest BCUT2D eigenvalue weighted by molar-refractivity contribution is -0.125. The number of nitrogens with zero attached hydrogens (tertiary/aromatic N) is 2. The van der Waals surface area contributed by atoms with E-state index in [0.29, 0.717) is 11.6 Å². The molecule has 2 heterocycles. The van der Waals surface area contributed by atoms with Crippen molar-refractivity contribution < 1.29 is 4.79 Å². The normalized spacial score (nSPS) is 15.3. The Hall–Kier alpha value is -2.11. The Morgan fingerprint density at radius 2 is 1.96 bits per heavy atom. The number of rotatable bonds is 4. The minimum atomic E-state index is 0.0742. The van der Waals surface area contributed by atoms with Gasteiger partial charge in [0, 0.05) is 30.6 Å². The molecule has 1 saturated heterocycles. The third-order valence-electron chi connectivity index (χ3n) is 5.05. The summed E-state index contributed by atoms with van der Waals surface area (Å²) in [5.74, 6) is 0.217. The van der Waals surface area contributed by atoms with Gasteiger partial charge >= 0.3 is 0 Å². The molecule has 1 aromatic heterocycles. The van der Waals surface area contributed by atoms with E-state index in [1.807, 2.05) is 24.3 Å². The van der Waals surface area contributed by atoms with Gasteiger partial charge in [0.05, 0.1) is 10.2 Å². The number of hydrogen-bond acceptors (Lipinski definition) is 4. The maximum Gasteiger partial charge on any atom is 0.223 e. The second-order valence-electron chi connectivity index (χ2n) is 7.07. The molecular weight excluding hydrogens is 378 g/mol. The van der Waals surface area contributed by atoms with E-state index < -0.39 is 0 Å². The number of piperidine rings is 1. The lowest BCUT2D eigenvalue weighted by Crippen LogP contribution is -2.40. The standard InChI is InChI=1S/C21H22ClN3OS/c1-14-2-7-18-19(12-14)27-21(24-18)25-10-8-16(9-11-25)20(26)23-13-15-3-5-17(22)6-4-15/h2-7,12,16H,8-11,13H2,1H3,(H,23,26). The fourth-order valence-electron chi connectivity index (χ4n) is 3.42. The van der Waals surface area contributed by atoms with Crippen LogP contribution in [0.2, 0.25) is 5.02 Å². The fraction of sp³-hybridized carbons (Fsp3) is 0.333. The summed E-state index contributed by atoms with van der Waals surface area (Å²) in [6.07, 6.45) is 1.73. The monoisotopic (exact) mass is 399 g/mol. The molecule has 0 unspecified atom stereocenters. The quantitative estimate of drug-likeness (QED) is 0.685. The maximum absolute atomic E-state index is 12.5. The first-order valence-corrected chi connectivity index (χ1v) is 10.4. The first-order valence-electron chi connectivity index (χ1n) is 9.23. The van der Waals surface area contributed by atoms with Gasteiger partial charge < -0.3 is 10.2 Å². The van der Waals surface area contributed by atoms with E-state index in [-0.39, 0.29) is 11.8 Å². The number of hydrogen-bond donors (Lipinski definition) is 1. The Labute approximate surface area is 168 Å². The third kappa shape index (κ3) is 4.25. The molecule has 0 radical (unpaired) electrons. The SMILES string of the molecule is Cc1ccc2nc(N3CCC(C(=O)NCc4ccc(Cl)cc4)CC3)sc2c1. The van der Waals surface area contributed by atoms with Crippen molar-refractivity contribution in [2.45, 2.75) is 26.3 Å². The lowest BCUT2D eigenvalue weighted by atomic mass is 9.96. The van der Waals surface area contributed by atoms with Crippen LogP contribution in [0.5, 0.6) is 0 Å². The van der Waals surface area contributed by atoms with Gasteiger partial charge in [-0.25, -0.2) is 4.98 Å². The van der Waals surface area contributed by atoms with Crippen LogP contribution in [0, 0.1) is 12.8 Å². The van der Waals surface area contributed by atoms with Crippen molar-refractivity contribution >= 4 is 44.2 Å². The van der Waals surface area contributed by atoms with Crippen LogP contribution >= 0.6 is 22.9 Å². The van der Waals surface area contributed by atoms with Crippen molar-refractivity contribution in [2.75, 3.05) is 18.0 Å². The molecule has 0 atom stereocenters. The number of nitrogens with one attached hydrogen (secondary N) is 1. The molecule has 1 amide bonds. The summed E-state index contributed by atoms with van der Waals surface area (Å²) in [4.78, 5) is 19.6. The summed E-state index contributed by atoms with van der Waals surface area (Å²) < 4.78 is 1.23. The van der Waals surface area contributed by atoms with Gasteiger partial charge in [-0.3, -0.25) is 4.79 Å². The van der Waals surface area contributed by atoms with E-state index in [9.17, 15) is 4.79 Å². The average molecular weight is 400 g/mol. The van der Waals surface area contributed by atoms with Gasteiger partial charge in [0.25, 0.3) is 0 Å². The van der Waals surface area contributed by atoms with Gasteiger partial charge in [-0.15, -0.1) is 0 Å². The van der Waals surface area contributed by atoms with Crippen LogP contribution in [0.4, 0.5) is 5.13 Å². The second-order valence-corrected chi connectivity index (χ2v) is 8.52. The van der Waals surface area contributed by atoms with Crippen LogP contribution in [0.3, 0.4) is 0 Å². The Morgan fingerprint density at radius 1 is 1.22 bits per heavy atom. The van der Waals surface area contributed by atoms with Crippen molar-refractivity contribution in [2.24, 2.45) is 5.92 Å². The highest BCUT2D eigenvalue weighted by Gasteiger charge is 2.26. The first kappa shape index (κ1) is 18.3. The minimum absolute atomic E-state index is 0.0742. The molecule has 1 aliphatic heterocycles. The second kappa shape index (κ2) is 7.87. The molecule has 1 fully saturated rings. The third-order valence-corrected chi connectivity index (χ3v) is 6.38. The van der Waals surface area contributed by atoms with Crippen LogP contribution < -0.4 is 10.2 Å². The predicted molar refractivity (Wildman–Crippen MR) is 113 cm³/mol. The molecule has 27 heavy (non-hydrogen) atoms.